The van der Waals surface area contributed by atoms with Crippen molar-refractivity contribution in [1.82, 2.24) is 15.0 Å². The second-order valence-corrected chi connectivity index (χ2v) is 5.39. The topological polar surface area (TPSA) is 47.9 Å². The van der Waals surface area contributed by atoms with Crippen LogP contribution in [-0.2, 0) is 13.0 Å². The van der Waals surface area contributed by atoms with Gasteiger partial charge in [-0.2, -0.15) is 4.98 Å². The highest BCUT2D eigenvalue weighted by Gasteiger charge is 2.07. The van der Waals surface area contributed by atoms with Gasteiger partial charge in [-0.3, -0.25) is 4.98 Å². The van der Waals surface area contributed by atoms with Crippen LogP contribution in [0, 0.1) is 6.92 Å². The predicted octanol–water partition coefficient (Wildman–Crippen LogP) is 3.99. The van der Waals surface area contributed by atoms with Crippen molar-refractivity contribution in [3.63, 3.8) is 0 Å². The van der Waals surface area contributed by atoms with Crippen LogP contribution in [-0.4, -0.2) is 15.0 Å². The van der Waals surface area contributed by atoms with E-state index in [9.17, 15) is 0 Å². The zero-order chi connectivity index (χ0) is 16.1. The van der Waals surface area contributed by atoms with Gasteiger partial charge in [-0.15, -0.1) is 0 Å². The van der Waals surface area contributed by atoms with Gasteiger partial charge in [0.05, 0.1) is 0 Å². The average Bonchev–Trinajstić information content (AvgIpc) is 2.60. The number of benzene rings is 1. The van der Waals surface area contributed by atoms with Gasteiger partial charge in [-0.25, -0.2) is 4.98 Å². The molecule has 2 aromatic heterocycles. The Balaban J connectivity index is 1.84. The number of aryl methyl sites for hydroxylation is 2. The first-order valence-corrected chi connectivity index (χ1v) is 7.71. The predicted molar refractivity (Wildman–Crippen MR) is 90.2 cm³/mol. The molecule has 0 atom stereocenters. The third kappa shape index (κ3) is 3.92. The zero-order valence-corrected chi connectivity index (χ0v) is 13.4. The van der Waals surface area contributed by atoms with Crippen LogP contribution in [0.4, 0.5) is 0 Å². The summed E-state index contributed by atoms with van der Waals surface area (Å²) < 4.78 is 5.88. The molecule has 4 heteroatoms. The summed E-state index contributed by atoms with van der Waals surface area (Å²) in [6.45, 7) is 4.64. The van der Waals surface area contributed by atoms with E-state index in [0.29, 0.717) is 18.3 Å². The van der Waals surface area contributed by atoms with E-state index in [1.54, 1.807) is 12.4 Å². The van der Waals surface area contributed by atoms with Crippen LogP contribution in [0.15, 0.2) is 54.9 Å². The van der Waals surface area contributed by atoms with Crippen LogP contribution in [0.2, 0.25) is 0 Å². The third-order valence-electron chi connectivity index (χ3n) is 3.53. The minimum Gasteiger partial charge on any atom is -0.473 e. The monoisotopic (exact) mass is 305 g/mol. The fourth-order valence-corrected chi connectivity index (χ4v) is 2.32. The van der Waals surface area contributed by atoms with Crippen molar-refractivity contribution in [2.45, 2.75) is 26.9 Å². The highest BCUT2D eigenvalue weighted by Crippen LogP contribution is 2.19. The number of rotatable bonds is 5. The average molecular weight is 305 g/mol. The van der Waals surface area contributed by atoms with Crippen LogP contribution in [0.1, 0.15) is 23.7 Å². The molecule has 0 aliphatic rings. The Kier molecular flexibility index (Phi) is 4.62. The van der Waals surface area contributed by atoms with Gasteiger partial charge >= 0.3 is 0 Å². The Hall–Kier alpha value is -2.75. The Labute approximate surface area is 136 Å². The van der Waals surface area contributed by atoms with Crippen molar-refractivity contribution in [2.24, 2.45) is 0 Å². The molecule has 116 valence electrons. The van der Waals surface area contributed by atoms with E-state index in [2.05, 4.69) is 47.0 Å². The molecular weight excluding hydrogens is 286 g/mol. The Morgan fingerprint density at radius 2 is 1.83 bits per heavy atom. The molecule has 2 heterocycles. The van der Waals surface area contributed by atoms with Gasteiger partial charge in [0.1, 0.15) is 6.61 Å². The Bertz CT molecular complexity index is 788. The van der Waals surface area contributed by atoms with Gasteiger partial charge in [0.2, 0.25) is 5.88 Å². The molecule has 0 aliphatic heterocycles. The van der Waals surface area contributed by atoms with Gasteiger partial charge in [0.25, 0.3) is 0 Å². The molecule has 3 aromatic rings. The molecule has 4 nitrogen and oxygen atoms in total. The van der Waals surface area contributed by atoms with Crippen LogP contribution in [0.25, 0.3) is 11.4 Å². The van der Waals surface area contributed by atoms with E-state index in [0.717, 1.165) is 23.2 Å². The van der Waals surface area contributed by atoms with Crippen molar-refractivity contribution >= 4 is 0 Å². The minimum absolute atomic E-state index is 0.498. The van der Waals surface area contributed by atoms with Gasteiger partial charge in [0.15, 0.2) is 5.82 Å². The van der Waals surface area contributed by atoms with Crippen LogP contribution in [0.3, 0.4) is 0 Å². The molecular formula is C19H19N3O. The quantitative estimate of drug-likeness (QED) is 0.715. The van der Waals surface area contributed by atoms with Gasteiger partial charge in [-0.1, -0.05) is 36.8 Å². The van der Waals surface area contributed by atoms with Crippen molar-refractivity contribution in [3.05, 3.63) is 71.7 Å². The summed E-state index contributed by atoms with van der Waals surface area (Å²) in [6, 6.07) is 14.0. The number of hydrogen-bond acceptors (Lipinski definition) is 4. The summed E-state index contributed by atoms with van der Waals surface area (Å²) in [5.74, 6) is 1.27. The van der Waals surface area contributed by atoms with Crippen molar-refractivity contribution < 1.29 is 4.74 Å². The Morgan fingerprint density at radius 1 is 1.00 bits per heavy atom. The lowest BCUT2D eigenvalue weighted by Crippen LogP contribution is -2.02. The first-order chi connectivity index (χ1) is 11.2. The molecule has 0 fully saturated rings. The zero-order valence-electron chi connectivity index (χ0n) is 13.4. The molecule has 0 spiro atoms. The highest BCUT2D eigenvalue weighted by molar-refractivity contribution is 5.54. The van der Waals surface area contributed by atoms with E-state index in [1.807, 2.05) is 24.3 Å². The molecule has 0 saturated heterocycles. The molecule has 0 saturated carbocycles. The fourth-order valence-electron chi connectivity index (χ4n) is 2.32. The smallest absolute Gasteiger partial charge is 0.217 e. The third-order valence-corrected chi connectivity index (χ3v) is 3.53. The largest absolute Gasteiger partial charge is 0.473 e. The molecule has 0 amide bonds. The molecule has 0 bridgehead atoms. The van der Waals surface area contributed by atoms with Gasteiger partial charge in [0, 0.05) is 29.7 Å². The van der Waals surface area contributed by atoms with E-state index >= 15 is 0 Å². The van der Waals surface area contributed by atoms with Gasteiger partial charge in [-0.05, 0) is 31.0 Å². The number of nitrogens with zero attached hydrogens (tertiary/aromatic N) is 3. The molecule has 1 aromatic carbocycles. The SMILES string of the molecule is CCc1cc(OCc2cccc(C)c2)nc(-c2ccncc2)n1. The molecule has 0 N–H and O–H groups in total. The summed E-state index contributed by atoms with van der Waals surface area (Å²) in [6.07, 6.45) is 4.32. The molecule has 0 radical (unpaired) electrons. The maximum atomic E-state index is 5.88. The maximum absolute atomic E-state index is 5.88. The number of aromatic nitrogens is 3. The lowest BCUT2D eigenvalue weighted by atomic mass is 10.1. The first kappa shape index (κ1) is 15.2. The Morgan fingerprint density at radius 3 is 2.57 bits per heavy atom. The second-order valence-electron chi connectivity index (χ2n) is 5.39. The molecule has 23 heavy (non-hydrogen) atoms. The molecule has 0 aliphatic carbocycles. The van der Waals surface area contributed by atoms with Crippen LogP contribution >= 0.6 is 0 Å². The summed E-state index contributed by atoms with van der Waals surface area (Å²) in [5.41, 5.74) is 4.26. The molecule has 3 rings (SSSR count). The van der Waals surface area contributed by atoms with E-state index in [1.165, 1.54) is 5.56 Å². The van der Waals surface area contributed by atoms with Crippen LogP contribution in [0.5, 0.6) is 5.88 Å². The van der Waals surface area contributed by atoms with E-state index < -0.39 is 0 Å². The summed E-state index contributed by atoms with van der Waals surface area (Å²) in [7, 11) is 0. The molecule has 0 unspecified atom stereocenters. The lowest BCUT2D eigenvalue weighted by molar-refractivity contribution is 0.293. The van der Waals surface area contributed by atoms with E-state index in [-0.39, 0.29) is 0 Å². The number of ether oxygens (including phenoxy) is 1. The first-order valence-electron chi connectivity index (χ1n) is 7.71. The normalized spacial score (nSPS) is 10.5. The fraction of sp³-hybridized carbons (Fsp3) is 0.211. The highest BCUT2D eigenvalue weighted by atomic mass is 16.5. The summed E-state index contributed by atoms with van der Waals surface area (Å²) in [5, 5.41) is 0. The maximum Gasteiger partial charge on any atom is 0.217 e. The number of pyridine rings is 1. The standard InChI is InChI=1S/C19H19N3O/c1-3-17-12-18(23-13-15-6-4-5-14(2)11-15)22-19(21-17)16-7-9-20-10-8-16/h4-12H,3,13H2,1-2H3. The van der Waals surface area contributed by atoms with Gasteiger partial charge < -0.3 is 4.74 Å². The second kappa shape index (κ2) is 7.01. The van der Waals surface area contributed by atoms with E-state index in [4.69, 9.17) is 4.74 Å². The van der Waals surface area contributed by atoms with Crippen LogP contribution < -0.4 is 4.74 Å². The lowest BCUT2D eigenvalue weighted by Gasteiger charge is -2.09. The van der Waals surface area contributed by atoms with Crippen molar-refractivity contribution in [1.29, 1.82) is 0 Å². The van der Waals surface area contributed by atoms with Crippen molar-refractivity contribution in [3.8, 4) is 17.3 Å². The number of hydrogen-bond donors (Lipinski definition) is 0. The summed E-state index contributed by atoms with van der Waals surface area (Å²) in [4.78, 5) is 13.1. The minimum atomic E-state index is 0.498. The van der Waals surface area contributed by atoms with Crippen molar-refractivity contribution in [2.75, 3.05) is 0 Å². The summed E-state index contributed by atoms with van der Waals surface area (Å²) >= 11 is 0.